The van der Waals surface area contributed by atoms with Crippen LogP contribution in [0.15, 0.2) is 41.0 Å². The van der Waals surface area contributed by atoms with Gasteiger partial charge in [-0.1, -0.05) is 18.2 Å². The van der Waals surface area contributed by atoms with Gasteiger partial charge in [0.05, 0.1) is 12.1 Å². The SMILES string of the molecule is C[C@H]1CNCCN1C(=O)Cc1coc(-c2ccccc2)n1. The van der Waals surface area contributed by atoms with Crippen molar-refractivity contribution >= 4 is 5.91 Å². The third kappa shape index (κ3) is 3.13. The van der Waals surface area contributed by atoms with Crippen LogP contribution in [0, 0.1) is 0 Å². The smallest absolute Gasteiger partial charge is 0.229 e. The van der Waals surface area contributed by atoms with Gasteiger partial charge < -0.3 is 14.6 Å². The van der Waals surface area contributed by atoms with Gasteiger partial charge in [-0.25, -0.2) is 4.98 Å². The van der Waals surface area contributed by atoms with E-state index in [0.717, 1.165) is 25.2 Å². The molecule has 0 radical (unpaired) electrons. The molecule has 110 valence electrons. The standard InChI is InChI=1S/C16H19N3O2/c1-12-10-17-7-8-19(12)15(20)9-14-11-21-16(18-14)13-5-3-2-4-6-13/h2-6,11-12,17H,7-10H2,1H3/t12-/m0/s1. The Balaban J connectivity index is 1.68. The lowest BCUT2D eigenvalue weighted by molar-refractivity contribution is -0.133. The summed E-state index contributed by atoms with van der Waals surface area (Å²) in [5, 5.41) is 3.28. The van der Waals surface area contributed by atoms with Crippen molar-refractivity contribution in [2.75, 3.05) is 19.6 Å². The zero-order valence-corrected chi connectivity index (χ0v) is 12.1. The molecule has 0 saturated carbocycles. The first-order chi connectivity index (χ1) is 10.2. The number of rotatable bonds is 3. The molecule has 1 aliphatic heterocycles. The van der Waals surface area contributed by atoms with E-state index in [9.17, 15) is 4.79 Å². The molecular weight excluding hydrogens is 266 g/mol. The Hall–Kier alpha value is -2.14. The summed E-state index contributed by atoms with van der Waals surface area (Å²) in [5.41, 5.74) is 1.61. The van der Waals surface area contributed by atoms with E-state index in [1.807, 2.05) is 35.2 Å². The first-order valence-electron chi connectivity index (χ1n) is 7.24. The number of piperazine rings is 1. The largest absolute Gasteiger partial charge is 0.444 e. The Bertz CT molecular complexity index is 609. The van der Waals surface area contributed by atoms with Crippen LogP contribution in [0.2, 0.25) is 0 Å². The lowest BCUT2D eigenvalue weighted by Gasteiger charge is -2.33. The Morgan fingerprint density at radius 3 is 3.00 bits per heavy atom. The van der Waals surface area contributed by atoms with Crippen LogP contribution in [-0.2, 0) is 11.2 Å². The maximum atomic E-state index is 12.3. The Kier molecular flexibility index (Phi) is 4.01. The fraction of sp³-hybridized carbons (Fsp3) is 0.375. The Morgan fingerprint density at radius 1 is 1.43 bits per heavy atom. The number of aromatic nitrogens is 1. The predicted molar refractivity (Wildman–Crippen MR) is 79.7 cm³/mol. The third-order valence-electron chi connectivity index (χ3n) is 3.73. The molecule has 0 unspecified atom stereocenters. The molecule has 1 N–H and O–H groups in total. The van der Waals surface area contributed by atoms with Crippen LogP contribution in [0.5, 0.6) is 0 Å². The molecule has 0 aliphatic carbocycles. The molecule has 2 aromatic rings. The van der Waals surface area contributed by atoms with Crippen LogP contribution in [0.3, 0.4) is 0 Å². The highest BCUT2D eigenvalue weighted by Crippen LogP contribution is 2.18. The number of carbonyl (C=O) groups excluding carboxylic acids is 1. The summed E-state index contributed by atoms with van der Waals surface area (Å²) in [6.45, 7) is 4.51. The molecular formula is C16H19N3O2. The van der Waals surface area contributed by atoms with Gasteiger partial charge in [-0.3, -0.25) is 4.79 Å². The maximum Gasteiger partial charge on any atom is 0.229 e. The second-order valence-corrected chi connectivity index (χ2v) is 5.33. The number of nitrogens with one attached hydrogen (secondary N) is 1. The molecule has 1 saturated heterocycles. The summed E-state index contributed by atoms with van der Waals surface area (Å²) >= 11 is 0. The average Bonchev–Trinajstić information content (AvgIpc) is 2.97. The summed E-state index contributed by atoms with van der Waals surface area (Å²) in [4.78, 5) is 18.7. The molecule has 3 rings (SSSR count). The number of oxazole rings is 1. The van der Waals surface area contributed by atoms with E-state index in [1.165, 1.54) is 0 Å². The molecule has 0 bridgehead atoms. The van der Waals surface area contributed by atoms with Crippen molar-refractivity contribution in [3.63, 3.8) is 0 Å². The highest BCUT2D eigenvalue weighted by atomic mass is 16.3. The number of amides is 1. The van der Waals surface area contributed by atoms with Crippen molar-refractivity contribution < 1.29 is 9.21 Å². The van der Waals surface area contributed by atoms with Crippen molar-refractivity contribution in [1.29, 1.82) is 0 Å². The molecule has 5 heteroatoms. The van der Waals surface area contributed by atoms with Crippen molar-refractivity contribution in [2.45, 2.75) is 19.4 Å². The van der Waals surface area contributed by atoms with E-state index < -0.39 is 0 Å². The van der Waals surface area contributed by atoms with Gasteiger partial charge in [0.25, 0.3) is 0 Å². The minimum Gasteiger partial charge on any atom is -0.444 e. The van der Waals surface area contributed by atoms with Gasteiger partial charge in [0.1, 0.15) is 6.26 Å². The van der Waals surface area contributed by atoms with Crippen molar-refractivity contribution in [3.8, 4) is 11.5 Å². The van der Waals surface area contributed by atoms with Gasteiger partial charge >= 0.3 is 0 Å². The first-order valence-corrected chi connectivity index (χ1v) is 7.24. The molecule has 2 heterocycles. The molecule has 21 heavy (non-hydrogen) atoms. The van der Waals surface area contributed by atoms with Gasteiger partial charge in [-0.2, -0.15) is 0 Å². The molecule has 1 amide bonds. The van der Waals surface area contributed by atoms with Crippen LogP contribution >= 0.6 is 0 Å². The Labute approximate surface area is 124 Å². The molecule has 0 spiro atoms. The van der Waals surface area contributed by atoms with Crippen LogP contribution in [0.1, 0.15) is 12.6 Å². The van der Waals surface area contributed by atoms with Gasteiger partial charge in [-0.15, -0.1) is 0 Å². The summed E-state index contributed by atoms with van der Waals surface area (Å²) < 4.78 is 5.47. The van der Waals surface area contributed by atoms with E-state index in [1.54, 1.807) is 6.26 Å². The minimum absolute atomic E-state index is 0.108. The molecule has 1 aromatic carbocycles. The van der Waals surface area contributed by atoms with E-state index in [4.69, 9.17) is 4.42 Å². The lowest BCUT2D eigenvalue weighted by Crippen LogP contribution is -2.52. The van der Waals surface area contributed by atoms with Gasteiger partial charge in [-0.05, 0) is 19.1 Å². The highest BCUT2D eigenvalue weighted by molar-refractivity contribution is 5.78. The number of benzene rings is 1. The number of carbonyl (C=O) groups is 1. The molecule has 1 aromatic heterocycles. The fourth-order valence-corrected chi connectivity index (χ4v) is 2.57. The van der Waals surface area contributed by atoms with E-state index in [-0.39, 0.29) is 11.9 Å². The number of hydrogen-bond acceptors (Lipinski definition) is 4. The van der Waals surface area contributed by atoms with E-state index in [2.05, 4.69) is 17.2 Å². The zero-order chi connectivity index (χ0) is 14.7. The van der Waals surface area contributed by atoms with Crippen molar-refractivity contribution in [3.05, 3.63) is 42.3 Å². The maximum absolute atomic E-state index is 12.3. The molecule has 5 nitrogen and oxygen atoms in total. The second kappa shape index (κ2) is 6.10. The third-order valence-corrected chi connectivity index (χ3v) is 3.73. The quantitative estimate of drug-likeness (QED) is 0.932. The summed E-state index contributed by atoms with van der Waals surface area (Å²) in [6.07, 6.45) is 1.87. The second-order valence-electron chi connectivity index (χ2n) is 5.33. The van der Waals surface area contributed by atoms with Gasteiger partial charge in [0, 0.05) is 31.2 Å². The average molecular weight is 285 g/mol. The van der Waals surface area contributed by atoms with Gasteiger partial charge in [0.15, 0.2) is 0 Å². The molecule has 1 fully saturated rings. The minimum atomic E-state index is 0.108. The lowest BCUT2D eigenvalue weighted by atomic mass is 10.2. The van der Waals surface area contributed by atoms with Crippen LogP contribution in [0.4, 0.5) is 0 Å². The van der Waals surface area contributed by atoms with Crippen LogP contribution in [0.25, 0.3) is 11.5 Å². The van der Waals surface area contributed by atoms with Crippen molar-refractivity contribution in [1.82, 2.24) is 15.2 Å². The van der Waals surface area contributed by atoms with E-state index in [0.29, 0.717) is 18.0 Å². The van der Waals surface area contributed by atoms with Gasteiger partial charge in [0.2, 0.25) is 11.8 Å². The monoisotopic (exact) mass is 285 g/mol. The Morgan fingerprint density at radius 2 is 2.24 bits per heavy atom. The molecule has 1 atom stereocenters. The summed E-state index contributed by atoms with van der Waals surface area (Å²) in [6, 6.07) is 9.93. The summed E-state index contributed by atoms with van der Waals surface area (Å²) in [5.74, 6) is 0.670. The van der Waals surface area contributed by atoms with E-state index >= 15 is 0 Å². The normalized spacial score (nSPS) is 18.7. The topological polar surface area (TPSA) is 58.4 Å². The first kappa shape index (κ1) is 13.8. The summed E-state index contributed by atoms with van der Waals surface area (Å²) in [7, 11) is 0. The van der Waals surface area contributed by atoms with Crippen molar-refractivity contribution in [2.24, 2.45) is 0 Å². The molecule has 1 aliphatic rings. The zero-order valence-electron chi connectivity index (χ0n) is 12.1. The highest BCUT2D eigenvalue weighted by Gasteiger charge is 2.23. The fourth-order valence-electron chi connectivity index (χ4n) is 2.57. The van der Waals surface area contributed by atoms with Crippen LogP contribution < -0.4 is 5.32 Å². The van der Waals surface area contributed by atoms with Crippen LogP contribution in [-0.4, -0.2) is 41.5 Å². The number of hydrogen-bond donors (Lipinski definition) is 1. The number of nitrogens with zero attached hydrogens (tertiary/aromatic N) is 2. The predicted octanol–water partition coefficient (Wildman–Crippen LogP) is 1.70.